The number of nitrogens with two attached hydrogens (primary N) is 1. The number of carbonyl (C=O) groups is 6. The van der Waals surface area contributed by atoms with Crippen LogP contribution >= 0.6 is 0 Å². The van der Waals surface area contributed by atoms with Gasteiger partial charge in [-0.2, -0.15) is 13.2 Å². The second-order valence-corrected chi connectivity index (χ2v) is 18.8. The number of hydrogen-bond donors (Lipinski definition) is 4. The van der Waals surface area contributed by atoms with Crippen molar-refractivity contribution in [1.82, 2.24) is 30.0 Å². The minimum absolute atomic E-state index is 0.0130. The molecule has 3 aromatic carbocycles. The van der Waals surface area contributed by atoms with Crippen LogP contribution in [0.15, 0.2) is 48.5 Å². The topological polar surface area (TPSA) is 218 Å². The molecule has 1 unspecified atom stereocenters. The lowest BCUT2D eigenvalue weighted by Crippen LogP contribution is -2.54. The van der Waals surface area contributed by atoms with Gasteiger partial charge in [-0.15, -0.1) is 0 Å². The molecule has 17 nitrogen and oxygen atoms in total. The first-order valence-electron chi connectivity index (χ1n) is 23.1. The molecular formula is C49H56F3N9O8. The largest absolute Gasteiger partial charge is 0.493 e. The summed E-state index contributed by atoms with van der Waals surface area (Å²) in [5.74, 6) is -0.914. The van der Waals surface area contributed by atoms with E-state index < -0.39 is 47.5 Å². The van der Waals surface area contributed by atoms with Crippen LogP contribution in [0.25, 0.3) is 10.9 Å². The number of alkyl halides is 3. The van der Waals surface area contributed by atoms with Gasteiger partial charge in [0.2, 0.25) is 23.6 Å². The van der Waals surface area contributed by atoms with E-state index in [1.807, 2.05) is 0 Å². The summed E-state index contributed by atoms with van der Waals surface area (Å²) in [4.78, 5) is 91.4. The van der Waals surface area contributed by atoms with Gasteiger partial charge in [-0.3, -0.25) is 39.0 Å². The molecule has 2 atom stereocenters. The van der Waals surface area contributed by atoms with E-state index >= 15 is 0 Å². The van der Waals surface area contributed by atoms with Crippen molar-refractivity contribution < 1.29 is 51.4 Å². The minimum atomic E-state index is -4.57. The van der Waals surface area contributed by atoms with Crippen LogP contribution in [0, 0.1) is 12.3 Å². The number of carbonyl (C=O) groups excluding carboxylic acids is 6. The number of amides is 6. The molecule has 0 spiro atoms. The third-order valence-corrected chi connectivity index (χ3v) is 13.8. The molecule has 1 aromatic heterocycles. The maximum absolute atomic E-state index is 13.6. The zero-order valence-corrected chi connectivity index (χ0v) is 39.1. The van der Waals surface area contributed by atoms with Gasteiger partial charge in [0.15, 0.2) is 11.5 Å². The van der Waals surface area contributed by atoms with Crippen molar-refractivity contribution in [1.29, 1.82) is 0 Å². The van der Waals surface area contributed by atoms with E-state index in [0.29, 0.717) is 77.5 Å². The van der Waals surface area contributed by atoms with Crippen molar-refractivity contribution in [3.8, 4) is 11.5 Å². The van der Waals surface area contributed by atoms with Gasteiger partial charge in [-0.25, -0.2) is 9.97 Å². The van der Waals surface area contributed by atoms with Gasteiger partial charge < -0.3 is 35.6 Å². The molecule has 2 aliphatic heterocycles. The number of hydrogen-bond acceptors (Lipinski definition) is 13. The molecule has 6 amide bonds. The molecule has 3 fully saturated rings. The van der Waals surface area contributed by atoms with Crippen molar-refractivity contribution in [3.05, 3.63) is 76.6 Å². The van der Waals surface area contributed by atoms with E-state index in [2.05, 4.69) is 25.9 Å². The number of ether oxygens (including phenoxy) is 2. The number of nitrogens with one attached hydrogen (secondary N) is 3. The smallest absolute Gasteiger partial charge is 0.416 e. The van der Waals surface area contributed by atoms with E-state index in [1.54, 1.807) is 68.1 Å². The van der Waals surface area contributed by atoms with E-state index in [-0.39, 0.29) is 78.4 Å². The van der Waals surface area contributed by atoms with Crippen LogP contribution in [-0.2, 0) is 25.4 Å². The Morgan fingerprint density at radius 3 is 2.36 bits per heavy atom. The number of aromatic nitrogens is 2. The Balaban J connectivity index is 0.822. The number of benzene rings is 3. The van der Waals surface area contributed by atoms with Crippen molar-refractivity contribution >= 4 is 63.5 Å². The quantitative estimate of drug-likeness (QED) is 0.0707. The first-order chi connectivity index (χ1) is 32.7. The predicted molar refractivity (Wildman–Crippen MR) is 248 cm³/mol. The molecule has 4 aromatic rings. The second-order valence-electron chi connectivity index (χ2n) is 18.8. The Kier molecular flexibility index (Phi) is 13.5. The first-order valence-corrected chi connectivity index (χ1v) is 23.1. The molecule has 2 aliphatic carbocycles. The molecule has 4 aliphatic rings. The Hall–Kier alpha value is -6.99. The summed E-state index contributed by atoms with van der Waals surface area (Å²) in [5, 5.41) is 9.44. The highest BCUT2D eigenvalue weighted by Crippen LogP contribution is 2.48. The van der Waals surface area contributed by atoms with Crippen LogP contribution in [0.3, 0.4) is 0 Å². The molecule has 0 bridgehead atoms. The highest BCUT2D eigenvalue weighted by molar-refractivity contribution is 6.25. The summed E-state index contributed by atoms with van der Waals surface area (Å²) in [5.41, 5.74) is 6.43. The molecule has 0 radical (unpaired) electrons. The molecule has 8 rings (SSSR count). The lowest BCUT2D eigenvalue weighted by Gasteiger charge is -2.35. The SMILES string of the molecule is COc1cc2nc(C)nc(N[C@H](C)c3cc(N)cc(C(F)(F)F)c3)c2cc1OCC1(CN(C)C(=O)CCC(=O)N(C)C2CCC(Nc3cccc4c3C(=O)N(C3CCC(=O)NC3=O)C4=O)CC2)CC1. The van der Waals surface area contributed by atoms with Crippen LogP contribution < -0.4 is 31.2 Å². The number of methoxy groups -OCH3 is 1. The number of imide groups is 2. The molecule has 5 N–H and O–H groups in total. The van der Waals surface area contributed by atoms with Crippen LogP contribution in [0.4, 0.5) is 30.4 Å². The minimum Gasteiger partial charge on any atom is -0.493 e. The third kappa shape index (κ3) is 10.4. The van der Waals surface area contributed by atoms with Gasteiger partial charge in [0.05, 0.1) is 42.0 Å². The number of aryl methyl sites for hydroxylation is 1. The normalized spacial score (nSPS) is 20.2. The zero-order valence-electron chi connectivity index (χ0n) is 39.1. The molecule has 1 saturated heterocycles. The predicted octanol–water partition coefficient (Wildman–Crippen LogP) is 6.40. The van der Waals surface area contributed by atoms with Gasteiger partial charge in [-0.05, 0) is 101 Å². The summed E-state index contributed by atoms with van der Waals surface area (Å²) >= 11 is 0. The maximum atomic E-state index is 13.6. The summed E-state index contributed by atoms with van der Waals surface area (Å²) in [6, 6.07) is 10.1. The molecule has 366 valence electrons. The lowest BCUT2D eigenvalue weighted by atomic mass is 9.89. The molecular weight excluding hydrogens is 900 g/mol. The fourth-order valence-electron chi connectivity index (χ4n) is 9.61. The fourth-order valence-corrected chi connectivity index (χ4v) is 9.61. The number of nitrogen functional groups attached to an aromatic ring is 1. The number of anilines is 3. The van der Waals surface area contributed by atoms with E-state index in [0.717, 1.165) is 29.9 Å². The van der Waals surface area contributed by atoms with Crippen LogP contribution in [0.5, 0.6) is 11.5 Å². The van der Waals surface area contributed by atoms with E-state index in [4.69, 9.17) is 15.2 Å². The summed E-state index contributed by atoms with van der Waals surface area (Å²) in [6.45, 7) is 4.10. The molecule has 69 heavy (non-hydrogen) atoms. The van der Waals surface area contributed by atoms with Crippen LogP contribution in [0.1, 0.15) is 115 Å². The van der Waals surface area contributed by atoms with Crippen LogP contribution in [0.2, 0.25) is 0 Å². The van der Waals surface area contributed by atoms with Crippen molar-refractivity contribution in [2.45, 2.75) is 108 Å². The summed E-state index contributed by atoms with van der Waals surface area (Å²) < 4.78 is 52.8. The Labute approximate surface area is 396 Å². The molecule has 2 saturated carbocycles. The first kappa shape index (κ1) is 48.5. The molecule has 3 heterocycles. The van der Waals surface area contributed by atoms with Gasteiger partial charge >= 0.3 is 6.18 Å². The average Bonchev–Trinajstić information content (AvgIpc) is 4.03. The monoisotopic (exact) mass is 955 g/mol. The Bertz CT molecular complexity index is 2720. The van der Waals surface area contributed by atoms with Crippen molar-refractivity contribution in [2.24, 2.45) is 5.41 Å². The number of nitrogens with zero attached hydrogens (tertiary/aromatic N) is 5. The fraction of sp³-hybridized carbons (Fsp3) is 0.469. The lowest BCUT2D eigenvalue weighted by molar-refractivity contribution is -0.138. The highest BCUT2D eigenvalue weighted by atomic mass is 19.4. The van der Waals surface area contributed by atoms with E-state index in [9.17, 15) is 41.9 Å². The summed E-state index contributed by atoms with van der Waals surface area (Å²) in [7, 11) is 4.98. The highest BCUT2D eigenvalue weighted by Gasteiger charge is 2.47. The van der Waals surface area contributed by atoms with E-state index in [1.165, 1.54) is 13.2 Å². The second kappa shape index (κ2) is 19.2. The molecule has 20 heteroatoms. The Morgan fingerprint density at radius 2 is 1.68 bits per heavy atom. The van der Waals surface area contributed by atoms with Crippen molar-refractivity contribution in [3.63, 3.8) is 0 Å². The van der Waals surface area contributed by atoms with Gasteiger partial charge in [0.1, 0.15) is 17.7 Å². The van der Waals surface area contributed by atoms with Crippen LogP contribution in [-0.4, -0.2) is 113 Å². The third-order valence-electron chi connectivity index (χ3n) is 13.8. The average molecular weight is 956 g/mol. The Morgan fingerprint density at radius 1 is 0.957 bits per heavy atom. The number of rotatable bonds is 16. The number of fused-ring (bicyclic) bond motifs is 2. The zero-order chi connectivity index (χ0) is 49.5. The van der Waals surface area contributed by atoms with Gasteiger partial charge in [-0.1, -0.05) is 6.07 Å². The van der Waals surface area contributed by atoms with Gasteiger partial charge in [0.25, 0.3) is 11.8 Å². The standard InChI is InChI=1S/C49H56F3N9O8/c1-26(28-19-29(49(50,51)52)21-30(53)20-28)54-44-34-22-39(38(68-5)23-36(34)55-27(2)56-44)69-25-48(17-18-48)24-59(3)41(63)15-16-42(64)60(4)32-11-9-31(10-12-32)57-35-8-6-7-33-43(35)47(67)61(46(33)66)37-13-14-40(62)58-45(37)65/h6-8,19-23,26,31-32,37,57H,9-18,24-25,53H2,1-5H3,(H,54,55,56)(H,58,62,65)/t26-,31?,32?,37?/m1/s1. The number of piperidine rings is 1. The number of halogens is 3. The maximum Gasteiger partial charge on any atom is 0.416 e. The summed E-state index contributed by atoms with van der Waals surface area (Å²) in [6.07, 6.45) is -0.0193. The van der Waals surface area contributed by atoms with Crippen molar-refractivity contribution in [2.75, 3.05) is 50.7 Å². The van der Waals surface area contributed by atoms with Gasteiger partial charge in [0, 0.05) is 80.2 Å².